The van der Waals surface area contributed by atoms with Crippen molar-refractivity contribution in [3.05, 3.63) is 41.5 Å². The molecule has 0 aromatic heterocycles. The van der Waals surface area contributed by atoms with E-state index in [-0.39, 0.29) is 0 Å². The van der Waals surface area contributed by atoms with Crippen LogP contribution in [0.15, 0.2) is 35.9 Å². The largest absolute Gasteiger partial charge is 0.0725 e. The summed E-state index contributed by atoms with van der Waals surface area (Å²) in [7, 11) is 0. The Hall–Kier alpha value is -1.04. The molecule has 0 saturated carbocycles. The molecule has 0 heteroatoms. The quantitative estimate of drug-likeness (QED) is 0.564. The van der Waals surface area contributed by atoms with Gasteiger partial charge in [0.1, 0.15) is 0 Å². The van der Waals surface area contributed by atoms with Gasteiger partial charge in [-0.05, 0) is 24.8 Å². The fourth-order valence-electron chi connectivity index (χ4n) is 2.29. The summed E-state index contributed by atoms with van der Waals surface area (Å²) in [5, 5.41) is 0. The molecule has 1 atom stereocenters. The second-order valence-corrected chi connectivity index (χ2v) is 5.02. The Morgan fingerprint density at radius 1 is 1.18 bits per heavy atom. The summed E-state index contributed by atoms with van der Waals surface area (Å²) in [5.74, 6) is 0.870. The standard InChI is InChI=1S/C17H26/c1-4-6-10-16(5-2)13-15(3)14-17-11-8-7-9-12-17/h7-9,11-12,14,16H,4-6,10,13H2,1-3H3. The molecule has 0 saturated heterocycles. The maximum atomic E-state index is 2.33. The third-order valence-electron chi connectivity index (χ3n) is 3.37. The smallest absolute Gasteiger partial charge is 0.0257 e. The highest BCUT2D eigenvalue weighted by Gasteiger charge is 2.06. The van der Waals surface area contributed by atoms with Crippen molar-refractivity contribution in [2.75, 3.05) is 0 Å². The molecule has 1 rings (SSSR count). The summed E-state index contributed by atoms with van der Waals surface area (Å²) in [6.07, 6.45) is 8.96. The van der Waals surface area contributed by atoms with E-state index < -0.39 is 0 Å². The summed E-state index contributed by atoms with van der Waals surface area (Å²) in [6, 6.07) is 10.6. The number of allylic oxidation sites excluding steroid dienone is 1. The monoisotopic (exact) mass is 230 g/mol. The van der Waals surface area contributed by atoms with Gasteiger partial charge in [-0.1, -0.05) is 81.5 Å². The Bertz CT molecular complexity index is 321. The van der Waals surface area contributed by atoms with E-state index in [1.807, 2.05) is 0 Å². The van der Waals surface area contributed by atoms with Gasteiger partial charge in [0.25, 0.3) is 0 Å². The summed E-state index contributed by atoms with van der Waals surface area (Å²) in [6.45, 7) is 6.86. The molecule has 0 heterocycles. The van der Waals surface area contributed by atoms with Crippen molar-refractivity contribution in [1.29, 1.82) is 0 Å². The van der Waals surface area contributed by atoms with Crippen molar-refractivity contribution in [1.82, 2.24) is 0 Å². The van der Waals surface area contributed by atoms with Crippen LogP contribution in [0.5, 0.6) is 0 Å². The maximum Gasteiger partial charge on any atom is -0.0257 e. The second-order valence-electron chi connectivity index (χ2n) is 5.02. The van der Waals surface area contributed by atoms with Crippen LogP contribution >= 0.6 is 0 Å². The lowest BCUT2D eigenvalue weighted by atomic mass is 9.92. The second kappa shape index (κ2) is 8.11. The highest BCUT2D eigenvalue weighted by atomic mass is 14.1. The van der Waals surface area contributed by atoms with E-state index in [1.54, 1.807) is 0 Å². The highest BCUT2D eigenvalue weighted by molar-refractivity contribution is 5.51. The number of rotatable bonds is 7. The molecular weight excluding hydrogens is 204 g/mol. The van der Waals surface area contributed by atoms with Crippen LogP contribution in [0, 0.1) is 5.92 Å². The first-order valence-electron chi connectivity index (χ1n) is 6.98. The zero-order valence-electron chi connectivity index (χ0n) is 11.6. The summed E-state index contributed by atoms with van der Waals surface area (Å²) < 4.78 is 0. The molecule has 17 heavy (non-hydrogen) atoms. The van der Waals surface area contributed by atoms with Gasteiger partial charge in [0.2, 0.25) is 0 Å². The molecule has 0 amide bonds. The first kappa shape index (κ1) is 14.0. The SMILES string of the molecule is CCCCC(CC)CC(C)=Cc1ccccc1. The van der Waals surface area contributed by atoms with E-state index in [0.717, 1.165) is 5.92 Å². The van der Waals surface area contributed by atoms with Crippen molar-refractivity contribution < 1.29 is 0 Å². The predicted octanol–water partition coefficient (Wildman–Crippen LogP) is 5.70. The minimum absolute atomic E-state index is 0.870. The van der Waals surface area contributed by atoms with Crippen LogP contribution in [0.1, 0.15) is 58.4 Å². The van der Waals surface area contributed by atoms with Crippen LogP contribution < -0.4 is 0 Å². The Kier molecular flexibility index (Phi) is 6.69. The van der Waals surface area contributed by atoms with Crippen LogP contribution in [0.2, 0.25) is 0 Å². The zero-order chi connectivity index (χ0) is 12.5. The van der Waals surface area contributed by atoms with Crippen molar-refractivity contribution in [2.24, 2.45) is 5.92 Å². The lowest BCUT2D eigenvalue weighted by molar-refractivity contribution is 0.448. The first-order chi connectivity index (χ1) is 8.26. The van der Waals surface area contributed by atoms with Gasteiger partial charge in [-0.25, -0.2) is 0 Å². The molecule has 1 aromatic rings. The van der Waals surface area contributed by atoms with Crippen LogP contribution in [0.3, 0.4) is 0 Å². The number of unbranched alkanes of at least 4 members (excludes halogenated alkanes) is 1. The van der Waals surface area contributed by atoms with E-state index in [0.29, 0.717) is 0 Å². The Morgan fingerprint density at radius 3 is 2.47 bits per heavy atom. The average molecular weight is 230 g/mol. The van der Waals surface area contributed by atoms with Gasteiger partial charge in [0.05, 0.1) is 0 Å². The van der Waals surface area contributed by atoms with Crippen LogP contribution in [-0.4, -0.2) is 0 Å². The van der Waals surface area contributed by atoms with Gasteiger partial charge in [-0.3, -0.25) is 0 Å². The number of hydrogen-bond acceptors (Lipinski definition) is 0. The fourth-order valence-corrected chi connectivity index (χ4v) is 2.29. The average Bonchev–Trinajstić information content (AvgIpc) is 2.35. The van der Waals surface area contributed by atoms with Gasteiger partial charge in [0, 0.05) is 0 Å². The van der Waals surface area contributed by atoms with Crippen molar-refractivity contribution in [3.8, 4) is 0 Å². The van der Waals surface area contributed by atoms with E-state index in [2.05, 4.69) is 57.2 Å². The summed E-state index contributed by atoms with van der Waals surface area (Å²) in [5.41, 5.74) is 2.84. The normalized spacial score (nSPS) is 13.7. The molecule has 0 aliphatic heterocycles. The molecule has 94 valence electrons. The molecule has 0 radical (unpaired) electrons. The van der Waals surface area contributed by atoms with Crippen LogP contribution in [-0.2, 0) is 0 Å². The molecule has 0 aliphatic carbocycles. The zero-order valence-corrected chi connectivity index (χ0v) is 11.6. The van der Waals surface area contributed by atoms with Crippen molar-refractivity contribution >= 4 is 6.08 Å². The topological polar surface area (TPSA) is 0 Å². The third-order valence-corrected chi connectivity index (χ3v) is 3.37. The van der Waals surface area contributed by atoms with Crippen LogP contribution in [0.25, 0.3) is 6.08 Å². The van der Waals surface area contributed by atoms with E-state index >= 15 is 0 Å². The molecule has 0 aliphatic rings. The highest BCUT2D eigenvalue weighted by Crippen LogP contribution is 2.22. The molecule has 0 N–H and O–H groups in total. The van der Waals surface area contributed by atoms with Gasteiger partial charge in [-0.15, -0.1) is 0 Å². The Balaban J connectivity index is 2.52. The fraction of sp³-hybridized carbons (Fsp3) is 0.529. The molecule has 1 aromatic carbocycles. The molecule has 0 nitrogen and oxygen atoms in total. The van der Waals surface area contributed by atoms with E-state index in [4.69, 9.17) is 0 Å². The number of hydrogen-bond donors (Lipinski definition) is 0. The molecular formula is C17H26. The Morgan fingerprint density at radius 2 is 1.88 bits per heavy atom. The summed E-state index contributed by atoms with van der Waals surface area (Å²) >= 11 is 0. The molecule has 0 fully saturated rings. The van der Waals surface area contributed by atoms with Gasteiger partial charge in [-0.2, -0.15) is 0 Å². The Labute approximate surface area is 107 Å². The minimum atomic E-state index is 0.870. The van der Waals surface area contributed by atoms with Crippen molar-refractivity contribution in [3.63, 3.8) is 0 Å². The molecule has 0 spiro atoms. The van der Waals surface area contributed by atoms with E-state index in [9.17, 15) is 0 Å². The van der Waals surface area contributed by atoms with Crippen molar-refractivity contribution in [2.45, 2.75) is 52.9 Å². The molecule has 1 unspecified atom stereocenters. The lowest BCUT2D eigenvalue weighted by Gasteiger charge is -2.14. The lowest BCUT2D eigenvalue weighted by Crippen LogP contribution is -1.99. The predicted molar refractivity (Wildman–Crippen MR) is 78.0 cm³/mol. The van der Waals surface area contributed by atoms with Gasteiger partial charge < -0.3 is 0 Å². The number of benzene rings is 1. The maximum absolute atomic E-state index is 2.33. The molecule has 0 bridgehead atoms. The van der Waals surface area contributed by atoms with E-state index in [1.165, 1.54) is 43.2 Å². The third kappa shape index (κ3) is 5.72. The van der Waals surface area contributed by atoms with Crippen LogP contribution in [0.4, 0.5) is 0 Å². The first-order valence-corrected chi connectivity index (χ1v) is 6.98. The van der Waals surface area contributed by atoms with Gasteiger partial charge in [0.15, 0.2) is 0 Å². The summed E-state index contributed by atoms with van der Waals surface area (Å²) in [4.78, 5) is 0. The minimum Gasteiger partial charge on any atom is -0.0725 e. The van der Waals surface area contributed by atoms with Gasteiger partial charge >= 0.3 is 0 Å².